The van der Waals surface area contributed by atoms with E-state index >= 15 is 8.78 Å². The molecule has 1 saturated carbocycles. The molecule has 0 atom stereocenters. The Labute approximate surface area is 248 Å². The molecule has 240 valence electrons. The first kappa shape index (κ1) is 34.8. The van der Waals surface area contributed by atoms with E-state index in [4.69, 9.17) is 4.74 Å². The zero-order valence-corrected chi connectivity index (χ0v) is 24.8. The lowest BCUT2D eigenvalue weighted by Crippen LogP contribution is -2.26. The predicted molar refractivity (Wildman–Crippen MR) is 148 cm³/mol. The smallest absolute Gasteiger partial charge is 0.314 e. The molecule has 3 rings (SSSR count). The van der Waals surface area contributed by atoms with Crippen LogP contribution in [0.4, 0.5) is 35.1 Å². The maximum absolute atomic E-state index is 15.0. The molecule has 1 aliphatic rings. The second-order valence-corrected chi connectivity index (χ2v) is 11.6. The van der Waals surface area contributed by atoms with E-state index in [1.165, 1.54) is 0 Å². The third kappa shape index (κ3) is 8.29. The third-order valence-corrected chi connectivity index (χ3v) is 8.46. The van der Waals surface area contributed by atoms with Gasteiger partial charge < -0.3 is 4.74 Å². The minimum absolute atomic E-state index is 0.197. The largest absolute Gasteiger partial charge is 0.420 e. The maximum Gasteiger partial charge on any atom is 0.314 e. The normalized spacial score (nSPS) is 17.0. The number of rotatable bonds is 15. The fourth-order valence-corrected chi connectivity index (χ4v) is 5.85. The maximum atomic E-state index is 15.0. The van der Waals surface area contributed by atoms with E-state index in [1.54, 1.807) is 0 Å². The van der Waals surface area contributed by atoms with Crippen LogP contribution in [0.25, 0.3) is 11.1 Å². The highest BCUT2D eigenvalue weighted by Crippen LogP contribution is 2.41. The van der Waals surface area contributed by atoms with E-state index in [0.717, 1.165) is 57.8 Å². The molecule has 0 amide bonds. The highest BCUT2D eigenvalue weighted by molar-refractivity contribution is 5.76. The van der Waals surface area contributed by atoms with Gasteiger partial charge in [-0.3, -0.25) is 4.79 Å². The Morgan fingerprint density at radius 2 is 1.02 bits per heavy atom. The Bertz CT molecular complexity index is 1200. The van der Waals surface area contributed by atoms with Crippen molar-refractivity contribution in [3.63, 3.8) is 0 Å². The van der Waals surface area contributed by atoms with Crippen LogP contribution in [-0.4, -0.2) is 5.97 Å². The lowest BCUT2D eigenvalue weighted by Gasteiger charge is -2.27. The molecular weight excluding hydrogens is 580 g/mol. The molecule has 2 aromatic carbocycles. The lowest BCUT2D eigenvalue weighted by molar-refractivity contribution is -0.140. The molecule has 0 heterocycles. The highest BCUT2D eigenvalue weighted by Gasteiger charge is 2.36. The van der Waals surface area contributed by atoms with Gasteiger partial charge in [-0.15, -0.1) is 0 Å². The Balaban J connectivity index is 1.80. The molecule has 0 radical (unpaired) electrons. The van der Waals surface area contributed by atoms with Gasteiger partial charge in [0.1, 0.15) is 0 Å². The summed E-state index contributed by atoms with van der Waals surface area (Å²) in [6, 6.07) is 0. The quantitative estimate of drug-likeness (QED) is 0.0651. The van der Waals surface area contributed by atoms with Crippen LogP contribution in [-0.2, 0) is 11.2 Å². The molecule has 0 spiro atoms. The summed E-state index contributed by atoms with van der Waals surface area (Å²) >= 11 is 0. The molecule has 0 unspecified atom stereocenters. The summed E-state index contributed by atoms with van der Waals surface area (Å²) in [5.41, 5.74) is -4.86. The zero-order valence-electron chi connectivity index (χ0n) is 24.8. The molecule has 0 aliphatic heterocycles. The molecular formula is C33H40F8O2. The number of carbonyl (C=O) groups is 1. The molecule has 1 aliphatic carbocycles. The minimum atomic E-state index is -2.35. The van der Waals surface area contributed by atoms with Gasteiger partial charge in [0.2, 0.25) is 17.4 Å². The molecule has 43 heavy (non-hydrogen) atoms. The summed E-state index contributed by atoms with van der Waals surface area (Å²) in [5.74, 6) is -20.5. The zero-order chi connectivity index (χ0) is 31.7. The van der Waals surface area contributed by atoms with Gasteiger partial charge in [0.25, 0.3) is 0 Å². The molecule has 10 heteroatoms. The first-order valence-corrected chi connectivity index (χ1v) is 15.5. The van der Waals surface area contributed by atoms with E-state index in [-0.39, 0.29) is 12.8 Å². The summed E-state index contributed by atoms with van der Waals surface area (Å²) in [6.45, 7) is 4.11. The summed E-state index contributed by atoms with van der Waals surface area (Å²) in [7, 11) is 0. The summed E-state index contributed by atoms with van der Waals surface area (Å²) in [6.07, 6.45) is 11.4. The van der Waals surface area contributed by atoms with E-state index in [1.807, 2.05) is 6.92 Å². The van der Waals surface area contributed by atoms with Crippen molar-refractivity contribution >= 4 is 5.97 Å². The molecule has 2 aromatic rings. The van der Waals surface area contributed by atoms with Crippen molar-refractivity contribution in [2.24, 2.45) is 11.8 Å². The molecule has 0 saturated heterocycles. The molecule has 1 fully saturated rings. The minimum Gasteiger partial charge on any atom is -0.420 e. The number of hydrogen-bond donors (Lipinski definition) is 0. The highest BCUT2D eigenvalue weighted by atomic mass is 19.2. The van der Waals surface area contributed by atoms with Gasteiger partial charge in [-0.1, -0.05) is 78.1 Å². The molecule has 0 bridgehead atoms. The second kappa shape index (κ2) is 16.4. The van der Waals surface area contributed by atoms with Gasteiger partial charge in [-0.05, 0) is 44.4 Å². The van der Waals surface area contributed by atoms with Crippen molar-refractivity contribution in [2.75, 3.05) is 0 Å². The monoisotopic (exact) mass is 620 g/mol. The number of hydrogen-bond acceptors (Lipinski definition) is 2. The van der Waals surface area contributed by atoms with E-state index in [0.29, 0.717) is 38.0 Å². The fourth-order valence-electron chi connectivity index (χ4n) is 5.85. The third-order valence-electron chi connectivity index (χ3n) is 8.46. The van der Waals surface area contributed by atoms with Crippen LogP contribution in [0.5, 0.6) is 5.75 Å². The number of ether oxygens (including phenoxy) is 1. The Morgan fingerprint density at radius 3 is 1.53 bits per heavy atom. The van der Waals surface area contributed by atoms with Gasteiger partial charge in [-0.25, -0.2) is 26.3 Å². The van der Waals surface area contributed by atoms with Crippen molar-refractivity contribution in [3.05, 3.63) is 52.1 Å². The Morgan fingerprint density at radius 1 is 0.581 bits per heavy atom. The number of carbonyl (C=O) groups excluding carboxylic acids is 1. The van der Waals surface area contributed by atoms with Gasteiger partial charge in [0.05, 0.1) is 17.0 Å². The number of benzene rings is 2. The van der Waals surface area contributed by atoms with Crippen LogP contribution in [0.15, 0.2) is 0 Å². The van der Waals surface area contributed by atoms with E-state index in [2.05, 4.69) is 6.92 Å². The number of halogens is 8. The number of esters is 1. The molecule has 0 aromatic heterocycles. The topological polar surface area (TPSA) is 26.3 Å². The molecule has 2 nitrogen and oxygen atoms in total. The standard InChI is InChI=1S/C33H40F8O2/c1-3-5-7-9-10-12-14-21-24(34)26(36)22(27(37)25(21)35)23-28(38)30(40)32(31(41)29(23)39)43-33(42)20-17-15-19(16-18-20)13-11-8-6-4-2/h19-20H,3-18H2,1-2H3/t19-,20-. The SMILES string of the molecule is CCCCCCCCc1c(F)c(F)c(-c2c(F)c(F)c(OC(=O)[C@H]3CC[C@H](CCCCCC)CC3)c(F)c2F)c(F)c1F. The van der Waals surface area contributed by atoms with Crippen LogP contribution in [0.1, 0.15) is 116 Å². The van der Waals surface area contributed by atoms with Crippen molar-refractivity contribution in [3.8, 4) is 16.9 Å². The van der Waals surface area contributed by atoms with Crippen LogP contribution in [0.3, 0.4) is 0 Å². The summed E-state index contributed by atoms with van der Waals surface area (Å²) < 4.78 is 124. The summed E-state index contributed by atoms with van der Waals surface area (Å²) in [5, 5.41) is 0. The van der Waals surface area contributed by atoms with E-state index in [9.17, 15) is 31.1 Å². The summed E-state index contributed by atoms with van der Waals surface area (Å²) in [4.78, 5) is 12.6. The van der Waals surface area contributed by atoms with E-state index < -0.39 is 80.9 Å². The van der Waals surface area contributed by atoms with Gasteiger partial charge in [-0.2, -0.15) is 8.78 Å². The van der Waals surface area contributed by atoms with Crippen molar-refractivity contribution < 1.29 is 44.7 Å². The average Bonchev–Trinajstić information content (AvgIpc) is 3.00. The average molecular weight is 621 g/mol. The van der Waals surface area contributed by atoms with Crippen molar-refractivity contribution in [1.82, 2.24) is 0 Å². The van der Waals surface area contributed by atoms with Crippen LogP contribution < -0.4 is 4.74 Å². The lowest BCUT2D eigenvalue weighted by atomic mass is 9.80. The predicted octanol–water partition coefficient (Wildman–Crippen LogP) is 11.1. The van der Waals surface area contributed by atoms with Crippen molar-refractivity contribution in [1.29, 1.82) is 0 Å². The second-order valence-electron chi connectivity index (χ2n) is 11.6. The van der Waals surface area contributed by atoms with Gasteiger partial charge >= 0.3 is 5.97 Å². The van der Waals surface area contributed by atoms with Gasteiger partial charge in [0.15, 0.2) is 34.9 Å². The number of unbranched alkanes of at least 4 members (excludes halogenated alkanes) is 8. The molecule has 0 N–H and O–H groups in total. The first-order valence-electron chi connectivity index (χ1n) is 15.5. The van der Waals surface area contributed by atoms with Crippen LogP contribution >= 0.6 is 0 Å². The van der Waals surface area contributed by atoms with Gasteiger partial charge in [0, 0.05) is 5.56 Å². The fraction of sp³-hybridized carbons (Fsp3) is 0.606. The Kier molecular flexibility index (Phi) is 13.3. The first-order chi connectivity index (χ1) is 20.5. The van der Waals surface area contributed by atoms with Crippen LogP contribution in [0.2, 0.25) is 0 Å². The van der Waals surface area contributed by atoms with Crippen LogP contribution in [0, 0.1) is 58.4 Å². The van der Waals surface area contributed by atoms with Crippen molar-refractivity contribution in [2.45, 2.75) is 117 Å². The Hall–Kier alpha value is -2.65.